The first-order valence-corrected chi connectivity index (χ1v) is 8.49. The highest BCUT2D eigenvalue weighted by Crippen LogP contribution is 2.31. The van der Waals surface area contributed by atoms with Gasteiger partial charge in [-0.3, -0.25) is 9.69 Å². The molecule has 1 saturated carbocycles. The van der Waals surface area contributed by atoms with Gasteiger partial charge in [-0.15, -0.1) is 0 Å². The van der Waals surface area contributed by atoms with Crippen molar-refractivity contribution in [1.29, 1.82) is 0 Å². The quantitative estimate of drug-likeness (QED) is 0.868. The van der Waals surface area contributed by atoms with E-state index in [-0.39, 0.29) is 5.91 Å². The number of nitrogens with zero attached hydrogens (tertiary/aromatic N) is 3. The van der Waals surface area contributed by atoms with Crippen LogP contribution in [-0.4, -0.2) is 53.3 Å². The van der Waals surface area contributed by atoms with Gasteiger partial charge in [0.25, 0.3) is 0 Å². The summed E-state index contributed by atoms with van der Waals surface area (Å²) in [6.07, 6.45) is 8.99. The Labute approximate surface area is 132 Å². The number of carbonyl (C=O) groups excluding carboxylic acids is 1. The molecular weight excluding hydrogens is 278 g/mol. The minimum absolute atomic E-state index is 0.0662. The topological polar surface area (TPSA) is 62.2 Å². The highest BCUT2D eigenvalue weighted by Gasteiger charge is 2.23. The summed E-state index contributed by atoms with van der Waals surface area (Å²) in [5.74, 6) is 0.913. The number of amides is 1. The smallest absolute Gasteiger partial charge is 0.239 e. The van der Waals surface area contributed by atoms with Gasteiger partial charge in [0.1, 0.15) is 5.82 Å². The van der Waals surface area contributed by atoms with Crippen molar-refractivity contribution in [1.82, 2.24) is 20.0 Å². The number of likely N-dealkylation sites (tertiary alicyclic amines) is 1. The van der Waals surface area contributed by atoms with Gasteiger partial charge in [0.2, 0.25) is 5.91 Å². The summed E-state index contributed by atoms with van der Waals surface area (Å²) in [5.41, 5.74) is 0. The van der Waals surface area contributed by atoms with E-state index in [0.717, 1.165) is 25.3 Å². The van der Waals surface area contributed by atoms with Crippen LogP contribution in [0.2, 0.25) is 0 Å². The molecule has 2 heterocycles. The SMILES string of the molecule is CNC1CCCN(CC(=O)Nc2ccnn2C2CCCC2)C1. The van der Waals surface area contributed by atoms with Crippen LogP contribution in [0.3, 0.4) is 0 Å². The molecule has 1 aromatic heterocycles. The fraction of sp³-hybridized carbons (Fsp3) is 0.750. The molecule has 0 bridgehead atoms. The van der Waals surface area contributed by atoms with Crippen molar-refractivity contribution in [3.63, 3.8) is 0 Å². The van der Waals surface area contributed by atoms with Crippen LogP contribution in [0.4, 0.5) is 5.82 Å². The molecular formula is C16H27N5O. The Kier molecular flexibility index (Phi) is 5.10. The fourth-order valence-corrected chi connectivity index (χ4v) is 3.67. The molecule has 2 fully saturated rings. The van der Waals surface area contributed by atoms with Gasteiger partial charge in [-0.05, 0) is 39.3 Å². The van der Waals surface area contributed by atoms with Crippen molar-refractivity contribution in [2.24, 2.45) is 0 Å². The van der Waals surface area contributed by atoms with Gasteiger partial charge in [0.15, 0.2) is 0 Å². The lowest BCUT2D eigenvalue weighted by molar-refractivity contribution is -0.117. The average molecular weight is 305 g/mol. The van der Waals surface area contributed by atoms with Crippen LogP contribution in [0.15, 0.2) is 12.3 Å². The molecule has 0 aromatic carbocycles. The van der Waals surface area contributed by atoms with Crippen LogP contribution >= 0.6 is 0 Å². The van der Waals surface area contributed by atoms with E-state index in [4.69, 9.17) is 0 Å². The number of nitrogens with one attached hydrogen (secondary N) is 2. The second-order valence-corrected chi connectivity index (χ2v) is 6.51. The lowest BCUT2D eigenvalue weighted by Gasteiger charge is -2.31. The van der Waals surface area contributed by atoms with Crippen molar-refractivity contribution < 1.29 is 4.79 Å². The van der Waals surface area contributed by atoms with Crippen molar-refractivity contribution in [2.75, 3.05) is 32.0 Å². The molecule has 1 aromatic rings. The molecule has 1 unspecified atom stereocenters. The average Bonchev–Trinajstić information content (AvgIpc) is 3.18. The van der Waals surface area contributed by atoms with Crippen LogP contribution in [-0.2, 0) is 4.79 Å². The zero-order valence-corrected chi connectivity index (χ0v) is 13.4. The number of likely N-dealkylation sites (N-methyl/N-ethyl adjacent to an activating group) is 1. The summed E-state index contributed by atoms with van der Waals surface area (Å²) in [6, 6.07) is 2.86. The third kappa shape index (κ3) is 3.67. The Morgan fingerprint density at radius 3 is 2.91 bits per heavy atom. The van der Waals surface area contributed by atoms with Crippen molar-refractivity contribution >= 4 is 11.7 Å². The van der Waals surface area contributed by atoms with E-state index >= 15 is 0 Å². The molecule has 2 aliphatic rings. The third-order valence-corrected chi connectivity index (χ3v) is 4.89. The maximum Gasteiger partial charge on any atom is 0.239 e. The minimum Gasteiger partial charge on any atom is -0.316 e. The highest BCUT2D eigenvalue weighted by molar-refractivity contribution is 5.91. The van der Waals surface area contributed by atoms with Gasteiger partial charge in [0, 0.05) is 18.7 Å². The van der Waals surface area contributed by atoms with E-state index in [9.17, 15) is 4.79 Å². The predicted octanol–water partition coefficient (Wildman–Crippen LogP) is 1.62. The zero-order valence-electron chi connectivity index (χ0n) is 13.4. The van der Waals surface area contributed by atoms with Gasteiger partial charge in [-0.2, -0.15) is 5.10 Å². The fourth-order valence-electron chi connectivity index (χ4n) is 3.67. The number of hydrogen-bond acceptors (Lipinski definition) is 4. The maximum absolute atomic E-state index is 12.3. The Morgan fingerprint density at radius 2 is 2.14 bits per heavy atom. The van der Waals surface area contributed by atoms with E-state index < -0.39 is 0 Å². The summed E-state index contributed by atoms with van der Waals surface area (Å²) < 4.78 is 2.00. The number of hydrogen-bond donors (Lipinski definition) is 2. The molecule has 1 atom stereocenters. The molecule has 3 rings (SSSR count). The van der Waals surface area contributed by atoms with Crippen molar-refractivity contribution in [3.8, 4) is 0 Å². The second-order valence-electron chi connectivity index (χ2n) is 6.51. The van der Waals surface area contributed by atoms with Crippen molar-refractivity contribution in [2.45, 2.75) is 50.6 Å². The molecule has 0 spiro atoms. The van der Waals surface area contributed by atoms with Crippen LogP contribution in [0.5, 0.6) is 0 Å². The molecule has 6 nitrogen and oxygen atoms in total. The molecule has 1 saturated heterocycles. The summed E-state index contributed by atoms with van der Waals surface area (Å²) >= 11 is 0. The normalized spacial score (nSPS) is 23.8. The third-order valence-electron chi connectivity index (χ3n) is 4.89. The highest BCUT2D eigenvalue weighted by atomic mass is 16.2. The molecule has 1 aliphatic heterocycles. The Balaban J connectivity index is 1.54. The Bertz CT molecular complexity index is 494. The number of rotatable bonds is 5. The van der Waals surface area contributed by atoms with Crippen molar-refractivity contribution in [3.05, 3.63) is 12.3 Å². The minimum atomic E-state index is 0.0662. The van der Waals surface area contributed by atoms with Crippen LogP contribution in [0.25, 0.3) is 0 Å². The van der Waals surface area contributed by atoms with Gasteiger partial charge in [-0.25, -0.2) is 4.68 Å². The Morgan fingerprint density at radius 1 is 1.32 bits per heavy atom. The van der Waals surface area contributed by atoms with Gasteiger partial charge < -0.3 is 10.6 Å². The second kappa shape index (κ2) is 7.24. The van der Waals surface area contributed by atoms with Gasteiger partial charge >= 0.3 is 0 Å². The van der Waals surface area contributed by atoms with Crippen LogP contribution in [0, 0.1) is 0 Å². The zero-order chi connectivity index (χ0) is 15.4. The summed E-state index contributed by atoms with van der Waals surface area (Å²) in [7, 11) is 1.99. The van der Waals surface area contributed by atoms with E-state index in [2.05, 4.69) is 20.6 Å². The number of anilines is 1. The first-order chi connectivity index (χ1) is 10.8. The molecule has 1 amide bonds. The van der Waals surface area contributed by atoms with Crippen LogP contribution < -0.4 is 10.6 Å². The molecule has 0 radical (unpaired) electrons. The molecule has 122 valence electrons. The molecule has 1 aliphatic carbocycles. The molecule has 6 heteroatoms. The van der Waals surface area contributed by atoms with Crippen LogP contribution in [0.1, 0.15) is 44.6 Å². The van der Waals surface area contributed by atoms with Gasteiger partial charge in [0.05, 0.1) is 18.8 Å². The first kappa shape index (κ1) is 15.5. The summed E-state index contributed by atoms with van der Waals surface area (Å²) in [5, 5.41) is 10.8. The summed E-state index contributed by atoms with van der Waals surface area (Å²) in [4.78, 5) is 14.6. The molecule has 2 N–H and O–H groups in total. The Hall–Kier alpha value is -1.40. The number of piperidine rings is 1. The van der Waals surface area contributed by atoms with E-state index in [1.54, 1.807) is 6.20 Å². The maximum atomic E-state index is 12.3. The lowest BCUT2D eigenvalue weighted by atomic mass is 10.1. The standard InChI is InChI=1S/C16H27N5O/c1-17-13-5-4-10-20(11-13)12-16(22)19-15-8-9-18-21(15)14-6-2-3-7-14/h8-9,13-14,17H,2-7,10-12H2,1H3,(H,19,22). The summed E-state index contributed by atoms with van der Waals surface area (Å²) in [6.45, 7) is 2.42. The predicted molar refractivity (Wildman–Crippen MR) is 86.9 cm³/mol. The van der Waals surface area contributed by atoms with E-state index in [1.165, 1.54) is 32.1 Å². The van der Waals surface area contributed by atoms with Gasteiger partial charge in [-0.1, -0.05) is 12.8 Å². The number of aromatic nitrogens is 2. The molecule has 22 heavy (non-hydrogen) atoms. The monoisotopic (exact) mass is 305 g/mol. The first-order valence-electron chi connectivity index (χ1n) is 8.49. The van der Waals surface area contributed by atoms with E-state index in [0.29, 0.717) is 18.6 Å². The largest absolute Gasteiger partial charge is 0.316 e. The van der Waals surface area contributed by atoms with E-state index in [1.807, 2.05) is 17.8 Å². The number of carbonyl (C=O) groups is 1. The lowest BCUT2D eigenvalue weighted by Crippen LogP contribution is -2.47.